The molecule has 0 saturated carbocycles. The summed E-state index contributed by atoms with van der Waals surface area (Å²) in [5, 5.41) is 13.8. The number of hydrogen-bond acceptors (Lipinski definition) is 5. The average Bonchev–Trinajstić information content (AvgIpc) is 2.72. The van der Waals surface area contributed by atoms with Crippen LogP contribution in [-0.4, -0.2) is 45.9 Å². The second-order valence-electron chi connectivity index (χ2n) is 6.75. The molecule has 0 saturated heterocycles. The number of aromatic hydroxyl groups is 1. The summed E-state index contributed by atoms with van der Waals surface area (Å²) in [6.07, 6.45) is 2.03. The van der Waals surface area contributed by atoms with Crippen LogP contribution in [0.5, 0.6) is 5.75 Å². The van der Waals surface area contributed by atoms with Crippen LogP contribution in [0, 0.1) is 5.82 Å². The van der Waals surface area contributed by atoms with Crippen molar-refractivity contribution in [3.63, 3.8) is 0 Å². The summed E-state index contributed by atoms with van der Waals surface area (Å²) in [6.45, 7) is 0.148. The van der Waals surface area contributed by atoms with Gasteiger partial charge in [-0.25, -0.2) is 9.37 Å². The number of aromatic nitrogens is 2. The second-order valence-corrected chi connectivity index (χ2v) is 6.75. The van der Waals surface area contributed by atoms with Gasteiger partial charge in [0.05, 0.1) is 5.69 Å². The van der Waals surface area contributed by atoms with Gasteiger partial charge in [-0.1, -0.05) is 12.1 Å². The maximum absolute atomic E-state index is 13.0. The van der Waals surface area contributed by atoms with Crippen LogP contribution < -0.4 is 5.32 Å². The lowest BCUT2D eigenvalue weighted by molar-refractivity contribution is -0.128. The highest BCUT2D eigenvalue weighted by Gasteiger charge is 2.20. The van der Waals surface area contributed by atoms with Gasteiger partial charge in [-0.3, -0.25) is 14.6 Å². The molecule has 0 fully saturated rings. The highest BCUT2D eigenvalue weighted by molar-refractivity contribution is 6.01. The number of hydrogen-bond donors (Lipinski definition) is 2. The van der Waals surface area contributed by atoms with E-state index in [4.69, 9.17) is 0 Å². The molecule has 3 rings (SSSR count). The topological polar surface area (TPSA) is 95.4 Å². The van der Waals surface area contributed by atoms with Crippen molar-refractivity contribution in [3.05, 3.63) is 65.4 Å². The minimum absolute atomic E-state index is 0.0702. The lowest BCUT2D eigenvalue weighted by Crippen LogP contribution is -2.25. The van der Waals surface area contributed by atoms with Crippen molar-refractivity contribution in [1.29, 1.82) is 0 Å². The minimum atomic E-state index is -0.584. The number of carbonyl (C=O) groups excluding carboxylic acids is 2. The Morgan fingerprint density at radius 1 is 1.17 bits per heavy atom. The van der Waals surface area contributed by atoms with E-state index in [9.17, 15) is 19.1 Å². The molecule has 2 aromatic heterocycles. The Kier molecular flexibility index (Phi) is 6.01. The van der Waals surface area contributed by atoms with E-state index in [1.807, 2.05) is 0 Å². The number of carbonyl (C=O) groups is 2. The van der Waals surface area contributed by atoms with Crippen LogP contribution in [0.3, 0.4) is 0 Å². The number of pyridine rings is 2. The van der Waals surface area contributed by atoms with Gasteiger partial charge in [0.25, 0.3) is 5.91 Å². The molecule has 29 heavy (non-hydrogen) atoms. The van der Waals surface area contributed by atoms with Crippen molar-refractivity contribution in [3.8, 4) is 5.75 Å². The largest absolute Gasteiger partial charge is 0.504 e. The zero-order valence-corrected chi connectivity index (χ0v) is 16.1. The SMILES string of the molecule is CN(C)C(=O)CCc1nc(C(=O)NCc2ccc(F)cc2)c(O)c2ncccc12. The van der Waals surface area contributed by atoms with Gasteiger partial charge < -0.3 is 15.3 Å². The monoisotopic (exact) mass is 396 g/mol. The second kappa shape index (κ2) is 8.64. The van der Waals surface area contributed by atoms with Crippen LogP contribution in [0.25, 0.3) is 10.9 Å². The van der Waals surface area contributed by atoms with E-state index in [0.29, 0.717) is 23.1 Å². The van der Waals surface area contributed by atoms with Gasteiger partial charge in [0.2, 0.25) is 5.91 Å². The van der Waals surface area contributed by atoms with E-state index in [1.165, 1.54) is 23.2 Å². The number of aryl methyl sites for hydroxylation is 1. The van der Waals surface area contributed by atoms with Gasteiger partial charge in [0.1, 0.15) is 11.3 Å². The van der Waals surface area contributed by atoms with E-state index >= 15 is 0 Å². The van der Waals surface area contributed by atoms with Gasteiger partial charge in [-0.15, -0.1) is 0 Å². The fourth-order valence-electron chi connectivity index (χ4n) is 2.85. The fraction of sp³-hybridized carbons (Fsp3) is 0.238. The third-order valence-electron chi connectivity index (χ3n) is 4.47. The summed E-state index contributed by atoms with van der Waals surface area (Å²) in [6, 6.07) is 9.17. The summed E-state index contributed by atoms with van der Waals surface area (Å²) >= 11 is 0. The third kappa shape index (κ3) is 4.66. The Labute approximate surface area is 167 Å². The molecule has 2 heterocycles. The van der Waals surface area contributed by atoms with Gasteiger partial charge in [0.15, 0.2) is 11.4 Å². The summed E-state index contributed by atoms with van der Waals surface area (Å²) < 4.78 is 13.0. The first-order chi connectivity index (χ1) is 13.9. The van der Waals surface area contributed by atoms with E-state index in [2.05, 4.69) is 15.3 Å². The smallest absolute Gasteiger partial charge is 0.274 e. The van der Waals surface area contributed by atoms with Crippen molar-refractivity contribution < 1.29 is 19.1 Å². The zero-order valence-electron chi connectivity index (χ0n) is 16.1. The van der Waals surface area contributed by atoms with Crippen LogP contribution >= 0.6 is 0 Å². The van der Waals surface area contributed by atoms with E-state index in [-0.39, 0.29) is 41.7 Å². The molecule has 0 aliphatic heterocycles. The number of halogens is 1. The van der Waals surface area contributed by atoms with Crippen molar-refractivity contribution in [1.82, 2.24) is 20.2 Å². The number of rotatable bonds is 6. The van der Waals surface area contributed by atoms with Crippen molar-refractivity contribution in [2.45, 2.75) is 19.4 Å². The van der Waals surface area contributed by atoms with Gasteiger partial charge in [-0.2, -0.15) is 0 Å². The van der Waals surface area contributed by atoms with Crippen LogP contribution in [-0.2, 0) is 17.8 Å². The molecule has 1 aromatic carbocycles. The van der Waals surface area contributed by atoms with E-state index < -0.39 is 5.91 Å². The summed E-state index contributed by atoms with van der Waals surface area (Å²) in [7, 11) is 3.33. The number of nitrogens with one attached hydrogen (secondary N) is 1. The van der Waals surface area contributed by atoms with Gasteiger partial charge >= 0.3 is 0 Å². The first-order valence-corrected chi connectivity index (χ1v) is 9.06. The summed E-state index contributed by atoms with van der Waals surface area (Å²) in [5.41, 5.74) is 1.30. The normalized spacial score (nSPS) is 10.7. The van der Waals surface area contributed by atoms with Crippen molar-refractivity contribution in [2.75, 3.05) is 14.1 Å². The third-order valence-corrected chi connectivity index (χ3v) is 4.47. The predicted octanol–water partition coefficient (Wildman–Crippen LogP) is 2.43. The maximum Gasteiger partial charge on any atom is 0.274 e. The molecule has 7 nitrogen and oxygen atoms in total. The molecule has 0 bridgehead atoms. The molecule has 0 atom stereocenters. The molecule has 0 radical (unpaired) electrons. The summed E-state index contributed by atoms with van der Waals surface area (Å²) in [4.78, 5) is 34.6. The van der Waals surface area contributed by atoms with Gasteiger partial charge in [-0.05, 0) is 36.2 Å². The highest BCUT2D eigenvalue weighted by atomic mass is 19.1. The summed E-state index contributed by atoms with van der Waals surface area (Å²) in [5.74, 6) is -1.34. The van der Waals surface area contributed by atoms with E-state index in [0.717, 1.165) is 0 Å². The van der Waals surface area contributed by atoms with Gasteiger partial charge in [0, 0.05) is 38.6 Å². The molecule has 8 heteroatoms. The molecule has 0 aliphatic carbocycles. The lowest BCUT2D eigenvalue weighted by Gasteiger charge is -2.13. The highest BCUT2D eigenvalue weighted by Crippen LogP contribution is 2.28. The quantitative estimate of drug-likeness (QED) is 0.667. The van der Waals surface area contributed by atoms with Crippen molar-refractivity contribution in [2.24, 2.45) is 0 Å². The maximum atomic E-state index is 13.0. The lowest BCUT2D eigenvalue weighted by atomic mass is 10.1. The molecule has 2 N–H and O–H groups in total. The Hall–Kier alpha value is -3.55. The van der Waals surface area contributed by atoms with Crippen LogP contribution in [0.1, 0.15) is 28.2 Å². The van der Waals surface area contributed by atoms with Crippen molar-refractivity contribution >= 4 is 22.7 Å². The number of nitrogens with zero attached hydrogens (tertiary/aromatic N) is 3. The van der Waals surface area contributed by atoms with E-state index in [1.54, 1.807) is 38.4 Å². The first-order valence-electron chi connectivity index (χ1n) is 9.06. The van der Waals surface area contributed by atoms with Crippen LogP contribution in [0.4, 0.5) is 4.39 Å². The number of benzene rings is 1. The molecular formula is C21H21FN4O3. The molecule has 0 unspecified atom stereocenters. The Morgan fingerprint density at radius 3 is 2.59 bits per heavy atom. The molecule has 0 aliphatic rings. The molecular weight excluding hydrogens is 375 g/mol. The van der Waals surface area contributed by atoms with Crippen LogP contribution in [0.15, 0.2) is 42.6 Å². The average molecular weight is 396 g/mol. The first kappa shape index (κ1) is 20.2. The molecule has 2 amide bonds. The molecule has 0 spiro atoms. The van der Waals surface area contributed by atoms with Crippen LogP contribution in [0.2, 0.25) is 0 Å². The number of amides is 2. The Balaban J connectivity index is 1.88. The molecule has 3 aromatic rings. The fourth-order valence-corrected chi connectivity index (χ4v) is 2.85. The zero-order chi connectivity index (χ0) is 21.0. The standard InChI is InChI=1S/C21H21FN4O3/c1-26(2)17(27)10-9-16-15-4-3-11-23-18(15)20(28)19(25-16)21(29)24-12-13-5-7-14(22)8-6-13/h3-8,11,28H,9-10,12H2,1-2H3,(H,24,29). The molecule has 150 valence electrons. The minimum Gasteiger partial charge on any atom is -0.504 e. The number of fused-ring (bicyclic) bond motifs is 1. The predicted molar refractivity (Wildman–Crippen MR) is 106 cm³/mol. The Bertz CT molecular complexity index is 1050. The Morgan fingerprint density at radius 2 is 1.90 bits per heavy atom.